The molecule has 0 fully saturated rings. The van der Waals surface area contributed by atoms with Crippen molar-refractivity contribution in [2.75, 3.05) is 5.32 Å². The Bertz CT molecular complexity index is 1190. The second-order valence-corrected chi connectivity index (χ2v) is 9.43. The van der Waals surface area contributed by atoms with Crippen LogP contribution in [0.1, 0.15) is 37.8 Å². The van der Waals surface area contributed by atoms with E-state index in [0.717, 1.165) is 16.9 Å². The summed E-state index contributed by atoms with van der Waals surface area (Å²) in [5.74, 6) is 1.05. The Hall–Kier alpha value is -3.45. The Balaban J connectivity index is 1.54. The van der Waals surface area contributed by atoms with Gasteiger partial charge < -0.3 is 5.32 Å². The van der Waals surface area contributed by atoms with Gasteiger partial charge in [-0.1, -0.05) is 74.1 Å². The van der Waals surface area contributed by atoms with Gasteiger partial charge in [0, 0.05) is 11.9 Å². The Morgan fingerprint density at radius 1 is 0.939 bits per heavy atom. The van der Waals surface area contributed by atoms with Crippen LogP contribution in [0.25, 0.3) is 11.5 Å². The quantitative estimate of drug-likeness (QED) is 0.347. The predicted octanol–water partition coefficient (Wildman–Crippen LogP) is 5.63. The molecule has 1 atom stereocenters. The van der Waals surface area contributed by atoms with Gasteiger partial charge in [0.1, 0.15) is 5.69 Å². The lowest BCUT2D eigenvalue weighted by Gasteiger charge is -2.14. The van der Waals surface area contributed by atoms with Gasteiger partial charge >= 0.3 is 0 Å². The summed E-state index contributed by atoms with van der Waals surface area (Å²) in [6.45, 7) is 6.77. The minimum absolute atomic E-state index is 0.0778. The molecule has 0 saturated heterocycles. The fraction of sp³-hybridized carbons (Fsp3) is 0.231. The molecule has 0 aliphatic carbocycles. The number of rotatable bonds is 8. The van der Waals surface area contributed by atoms with Crippen LogP contribution in [0.4, 0.5) is 5.69 Å². The van der Waals surface area contributed by atoms with E-state index < -0.39 is 0 Å². The largest absolute Gasteiger partial charge is 0.325 e. The van der Waals surface area contributed by atoms with Crippen molar-refractivity contribution in [2.45, 2.75) is 43.6 Å². The van der Waals surface area contributed by atoms with Gasteiger partial charge in [-0.2, -0.15) is 0 Å². The SMILES string of the molecule is CC(Sc1nnc(-c2ccccn2)n1Cc1ccccc1)C(=O)Nc1ccc(C(C)C)cc1. The van der Waals surface area contributed by atoms with E-state index >= 15 is 0 Å². The second-order valence-electron chi connectivity index (χ2n) is 8.12. The van der Waals surface area contributed by atoms with Crippen molar-refractivity contribution in [3.8, 4) is 11.5 Å². The first kappa shape index (κ1) is 22.7. The Labute approximate surface area is 198 Å². The first-order chi connectivity index (χ1) is 16.0. The van der Waals surface area contributed by atoms with Crippen molar-refractivity contribution in [2.24, 2.45) is 0 Å². The lowest BCUT2D eigenvalue weighted by atomic mass is 10.0. The third-order valence-electron chi connectivity index (χ3n) is 5.29. The zero-order chi connectivity index (χ0) is 23.2. The Morgan fingerprint density at radius 3 is 2.33 bits per heavy atom. The molecule has 2 aromatic carbocycles. The van der Waals surface area contributed by atoms with Crippen LogP contribution < -0.4 is 5.32 Å². The van der Waals surface area contributed by atoms with Gasteiger partial charge in [0.15, 0.2) is 11.0 Å². The van der Waals surface area contributed by atoms with Crippen molar-refractivity contribution in [3.05, 3.63) is 90.1 Å². The van der Waals surface area contributed by atoms with Crippen molar-refractivity contribution in [1.29, 1.82) is 0 Å². The molecule has 4 aromatic rings. The van der Waals surface area contributed by atoms with Crippen molar-refractivity contribution in [3.63, 3.8) is 0 Å². The molecule has 1 N–H and O–H groups in total. The number of nitrogens with zero attached hydrogens (tertiary/aromatic N) is 4. The van der Waals surface area contributed by atoms with Crippen LogP contribution in [0.2, 0.25) is 0 Å². The average Bonchev–Trinajstić information content (AvgIpc) is 3.22. The molecule has 1 amide bonds. The fourth-order valence-corrected chi connectivity index (χ4v) is 4.22. The monoisotopic (exact) mass is 457 g/mol. The topological polar surface area (TPSA) is 72.7 Å². The number of aromatic nitrogens is 4. The third kappa shape index (κ3) is 5.68. The van der Waals surface area contributed by atoms with Gasteiger partial charge in [-0.3, -0.25) is 14.3 Å². The summed E-state index contributed by atoms with van der Waals surface area (Å²) in [5, 5.41) is 12.1. The van der Waals surface area contributed by atoms with E-state index in [-0.39, 0.29) is 11.2 Å². The van der Waals surface area contributed by atoms with Crippen LogP contribution in [0.3, 0.4) is 0 Å². The smallest absolute Gasteiger partial charge is 0.237 e. The molecule has 0 aliphatic heterocycles. The summed E-state index contributed by atoms with van der Waals surface area (Å²) >= 11 is 1.39. The van der Waals surface area contributed by atoms with Gasteiger partial charge in [-0.05, 0) is 48.2 Å². The number of nitrogens with one attached hydrogen (secondary N) is 1. The van der Waals surface area contributed by atoms with Gasteiger partial charge in [-0.15, -0.1) is 10.2 Å². The van der Waals surface area contributed by atoms with Crippen LogP contribution in [-0.4, -0.2) is 30.9 Å². The first-order valence-electron chi connectivity index (χ1n) is 11.0. The maximum Gasteiger partial charge on any atom is 0.237 e. The highest BCUT2D eigenvalue weighted by atomic mass is 32.2. The standard InChI is InChI=1S/C26H27N5OS/c1-18(2)21-12-14-22(15-13-21)28-25(32)19(3)33-26-30-29-24(23-11-7-8-16-27-23)31(26)17-20-9-5-4-6-10-20/h4-16,18-19H,17H2,1-3H3,(H,28,32). The van der Waals surface area contributed by atoms with E-state index in [1.54, 1.807) is 6.20 Å². The van der Waals surface area contributed by atoms with Gasteiger partial charge in [0.25, 0.3) is 0 Å². The molecular weight excluding hydrogens is 430 g/mol. The molecule has 2 aromatic heterocycles. The third-order valence-corrected chi connectivity index (χ3v) is 6.37. The molecule has 2 heterocycles. The number of carbonyl (C=O) groups is 1. The van der Waals surface area contributed by atoms with Crippen LogP contribution in [0.15, 0.2) is 84.1 Å². The highest BCUT2D eigenvalue weighted by Crippen LogP contribution is 2.28. The number of carbonyl (C=O) groups excluding carboxylic acids is 1. The van der Waals surface area contributed by atoms with E-state index in [4.69, 9.17) is 0 Å². The van der Waals surface area contributed by atoms with E-state index in [1.807, 2.05) is 72.2 Å². The number of hydrogen-bond acceptors (Lipinski definition) is 5. The number of thioether (sulfide) groups is 1. The fourth-order valence-electron chi connectivity index (χ4n) is 3.38. The molecule has 0 spiro atoms. The molecule has 168 valence electrons. The minimum Gasteiger partial charge on any atom is -0.325 e. The number of hydrogen-bond donors (Lipinski definition) is 1. The highest BCUT2D eigenvalue weighted by Gasteiger charge is 2.21. The number of amides is 1. The molecule has 6 nitrogen and oxygen atoms in total. The summed E-state index contributed by atoms with van der Waals surface area (Å²) in [4.78, 5) is 17.3. The van der Waals surface area contributed by atoms with Gasteiger partial charge in [0.2, 0.25) is 5.91 Å². The summed E-state index contributed by atoms with van der Waals surface area (Å²) in [6, 6.07) is 23.8. The molecule has 1 unspecified atom stereocenters. The second kappa shape index (κ2) is 10.4. The number of pyridine rings is 1. The molecular formula is C26H27N5OS. The Morgan fingerprint density at radius 2 is 1.67 bits per heavy atom. The molecule has 0 saturated carbocycles. The summed E-state index contributed by atoms with van der Waals surface area (Å²) < 4.78 is 2.02. The van der Waals surface area contributed by atoms with Crippen LogP contribution in [0.5, 0.6) is 0 Å². The highest BCUT2D eigenvalue weighted by molar-refractivity contribution is 8.00. The van der Waals surface area contributed by atoms with Crippen molar-refractivity contribution >= 4 is 23.4 Å². The van der Waals surface area contributed by atoms with E-state index in [1.165, 1.54) is 17.3 Å². The van der Waals surface area contributed by atoms with E-state index in [9.17, 15) is 4.79 Å². The molecule has 4 rings (SSSR count). The number of benzene rings is 2. The molecule has 33 heavy (non-hydrogen) atoms. The van der Waals surface area contributed by atoms with Crippen molar-refractivity contribution in [1.82, 2.24) is 19.7 Å². The zero-order valence-corrected chi connectivity index (χ0v) is 19.8. The lowest BCUT2D eigenvalue weighted by molar-refractivity contribution is -0.115. The zero-order valence-electron chi connectivity index (χ0n) is 19.0. The Kier molecular flexibility index (Phi) is 7.19. The summed E-state index contributed by atoms with van der Waals surface area (Å²) in [7, 11) is 0. The molecule has 0 radical (unpaired) electrons. The van der Waals surface area contributed by atoms with Crippen LogP contribution >= 0.6 is 11.8 Å². The summed E-state index contributed by atoms with van der Waals surface area (Å²) in [6.07, 6.45) is 1.74. The molecule has 7 heteroatoms. The average molecular weight is 458 g/mol. The molecule has 0 bridgehead atoms. The maximum atomic E-state index is 12.9. The van der Waals surface area contributed by atoms with Gasteiger partial charge in [0.05, 0.1) is 11.8 Å². The van der Waals surface area contributed by atoms with Crippen molar-refractivity contribution < 1.29 is 4.79 Å². The molecule has 0 aliphatic rings. The summed E-state index contributed by atoms with van der Waals surface area (Å²) in [5.41, 5.74) is 3.90. The normalized spacial score (nSPS) is 12.0. The van der Waals surface area contributed by atoms with E-state index in [2.05, 4.69) is 46.5 Å². The lowest BCUT2D eigenvalue weighted by Crippen LogP contribution is -2.23. The minimum atomic E-state index is -0.356. The number of anilines is 1. The predicted molar refractivity (Wildman–Crippen MR) is 133 cm³/mol. The van der Waals surface area contributed by atoms with E-state index in [0.29, 0.717) is 23.4 Å². The first-order valence-corrected chi connectivity index (χ1v) is 11.8. The van der Waals surface area contributed by atoms with Crippen LogP contribution in [0, 0.1) is 0 Å². The van der Waals surface area contributed by atoms with Gasteiger partial charge in [-0.25, -0.2) is 0 Å². The maximum absolute atomic E-state index is 12.9. The van der Waals surface area contributed by atoms with Crippen LogP contribution in [-0.2, 0) is 11.3 Å².